The van der Waals surface area contributed by atoms with Gasteiger partial charge in [-0.05, 0) is 18.6 Å². The van der Waals surface area contributed by atoms with Crippen LogP contribution in [0.5, 0.6) is 0 Å². The molecule has 0 aliphatic carbocycles. The lowest BCUT2D eigenvalue weighted by Gasteiger charge is -2.08. The van der Waals surface area contributed by atoms with E-state index in [2.05, 4.69) is 20.5 Å². The highest BCUT2D eigenvalue weighted by molar-refractivity contribution is 6.32. The average molecular weight is 282 g/mol. The van der Waals surface area contributed by atoms with Gasteiger partial charge in [0.25, 0.3) is 0 Å². The standard InChI is InChI=1S/C12H16ClN5O/c1-19-7-3-6-18-9-16-17-11(18)8-15-12-10(13)4-2-5-14-12/h2,4-5,9H,3,6-8H2,1H3,(H,14,15). The van der Waals surface area contributed by atoms with Crippen LogP contribution < -0.4 is 5.32 Å². The van der Waals surface area contributed by atoms with Crippen molar-refractivity contribution in [3.63, 3.8) is 0 Å². The molecule has 0 saturated carbocycles. The third kappa shape index (κ3) is 3.90. The lowest BCUT2D eigenvalue weighted by atomic mass is 10.4. The van der Waals surface area contributed by atoms with Gasteiger partial charge in [0.2, 0.25) is 0 Å². The number of rotatable bonds is 7. The molecular formula is C12H16ClN5O. The molecular weight excluding hydrogens is 266 g/mol. The van der Waals surface area contributed by atoms with Crippen molar-refractivity contribution in [2.24, 2.45) is 0 Å². The molecule has 0 unspecified atom stereocenters. The molecule has 0 aliphatic rings. The molecule has 2 aromatic rings. The monoisotopic (exact) mass is 281 g/mol. The van der Waals surface area contributed by atoms with Crippen molar-refractivity contribution >= 4 is 17.4 Å². The van der Waals surface area contributed by atoms with Gasteiger partial charge in [-0.3, -0.25) is 0 Å². The summed E-state index contributed by atoms with van der Waals surface area (Å²) in [4.78, 5) is 4.16. The van der Waals surface area contributed by atoms with Crippen LogP contribution in [0.25, 0.3) is 0 Å². The number of nitrogens with one attached hydrogen (secondary N) is 1. The van der Waals surface area contributed by atoms with E-state index in [-0.39, 0.29) is 0 Å². The smallest absolute Gasteiger partial charge is 0.152 e. The second-order valence-electron chi connectivity index (χ2n) is 3.97. The van der Waals surface area contributed by atoms with Crippen molar-refractivity contribution in [3.05, 3.63) is 35.5 Å². The molecule has 0 fully saturated rings. The summed E-state index contributed by atoms with van der Waals surface area (Å²) in [6.07, 6.45) is 4.33. The van der Waals surface area contributed by atoms with Crippen LogP contribution in [0.3, 0.4) is 0 Å². The van der Waals surface area contributed by atoms with Gasteiger partial charge in [-0.1, -0.05) is 11.6 Å². The van der Waals surface area contributed by atoms with Crippen molar-refractivity contribution in [1.82, 2.24) is 19.7 Å². The normalized spacial score (nSPS) is 10.6. The second-order valence-corrected chi connectivity index (χ2v) is 4.38. The molecule has 0 aliphatic heterocycles. The summed E-state index contributed by atoms with van der Waals surface area (Å²) < 4.78 is 7.02. The minimum absolute atomic E-state index is 0.531. The quantitative estimate of drug-likeness (QED) is 0.786. The maximum atomic E-state index is 6.02. The summed E-state index contributed by atoms with van der Waals surface area (Å²) in [5, 5.41) is 11.7. The zero-order valence-electron chi connectivity index (χ0n) is 10.7. The van der Waals surface area contributed by atoms with E-state index < -0.39 is 0 Å². The average Bonchev–Trinajstić information content (AvgIpc) is 2.86. The molecule has 2 aromatic heterocycles. The van der Waals surface area contributed by atoms with Crippen LogP contribution >= 0.6 is 11.6 Å². The van der Waals surface area contributed by atoms with Crippen molar-refractivity contribution in [3.8, 4) is 0 Å². The fourth-order valence-corrected chi connectivity index (χ4v) is 1.85. The number of hydrogen-bond donors (Lipinski definition) is 1. The Kier molecular flexibility index (Phi) is 5.11. The number of methoxy groups -OCH3 is 1. The van der Waals surface area contributed by atoms with Gasteiger partial charge in [0.05, 0.1) is 11.6 Å². The third-order valence-corrected chi connectivity index (χ3v) is 2.92. The number of anilines is 1. The molecule has 0 radical (unpaired) electrons. The first-order chi connectivity index (χ1) is 9.31. The fourth-order valence-electron chi connectivity index (χ4n) is 1.66. The van der Waals surface area contributed by atoms with Gasteiger partial charge in [-0.2, -0.15) is 0 Å². The minimum Gasteiger partial charge on any atom is -0.385 e. The van der Waals surface area contributed by atoms with E-state index in [0.29, 0.717) is 17.4 Å². The molecule has 102 valence electrons. The molecule has 2 heterocycles. The first-order valence-corrected chi connectivity index (χ1v) is 6.39. The van der Waals surface area contributed by atoms with Crippen LogP contribution in [0.2, 0.25) is 5.02 Å². The highest BCUT2D eigenvalue weighted by atomic mass is 35.5. The Morgan fingerprint density at radius 3 is 3.16 bits per heavy atom. The zero-order chi connectivity index (χ0) is 13.5. The highest BCUT2D eigenvalue weighted by Crippen LogP contribution is 2.17. The minimum atomic E-state index is 0.531. The van der Waals surface area contributed by atoms with Crippen LogP contribution in [-0.2, 0) is 17.8 Å². The summed E-state index contributed by atoms with van der Waals surface area (Å²) in [6.45, 7) is 2.08. The number of aryl methyl sites for hydroxylation is 1. The Morgan fingerprint density at radius 1 is 1.47 bits per heavy atom. The molecule has 19 heavy (non-hydrogen) atoms. The van der Waals surface area contributed by atoms with Gasteiger partial charge in [0.1, 0.15) is 12.1 Å². The molecule has 0 aromatic carbocycles. The van der Waals surface area contributed by atoms with Crippen molar-refractivity contribution in [2.45, 2.75) is 19.5 Å². The summed E-state index contributed by atoms with van der Waals surface area (Å²) in [5.41, 5.74) is 0. The van der Waals surface area contributed by atoms with Crippen LogP contribution in [0.1, 0.15) is 12.2 Å². The predicted octanol–water partition coefficient (Wildman–Crippen LogP) is 1.98. The van der Waals surface area contributed by atoms with E-state index in [4.69, 9.17) is 16.3 Å². The Labute approximate surface area is 116 Å². The molecule has 0 saturated heterocycles. The first-order valence-electron chi connectivity index (χ1n) is 6.01. The van der Waals surface area contributed by atoms with Gasteiger partial charge in [-0.25, -0.2) is 4.98 Å². The second kappa shape index (κ2) is 7.06. The molecule has 1 N–H and O–H groups in total. The van der Waals surface area contributed by atoms with E-state index in [1.54, 1.807) is 31.8 Å². The Morgan fingerprint density at radius 2 is 2.37 bits per heavy atom. The number of pyridine rings is 1. The molecule has 7 heteroatoms. The SMILES string of the molecule is COCCCn1cnnc1CNc1ncccc1Cl. The number of aromatic nitrogens is 4. The number of nitrogens with zero attached hydrogens (tertiary/aromatic N) is 4. The van der Waals surface area contributed by atoms with E-state index in [0.717, 1.165) is 25.4 Å². The number of hydrogen-bond acceptors (Lipinski definition) is 5. The van der Waals surface area contributed by atoms with E-state index in [1.165, 1.54) is 0 Å². The lowest BCUT2D eigenvalue weighted by molar-refractivity contribution is 0.190. The predicted molar refractivity (Wildman–Crippen MR) is 73.1 cm³/mol. The molecule has 0 spiro atoms. The largest absolute Gasteiger partial charge is 0.385 e. The fraction of sp³-hybridized carbons (Fsp3) is 0.417. The van der Waals surface area contributed by atoms with Crippen molar-refractivity contribution in [2.75, 3.05) is 19.0 Å². The van der Waals surface area contributed by atoms with Gasteiger partial charge < -0.3 is 14.6 Å². The van der Waals surface area contributed by atoms with Gasteiger partial charge in [-0.15, -0.1) is 10.2 Å². The molecule has 6 nitrogen and oxygen atoms in total. The van der Waals surface area contributed by atoms with E-state index in [1.807, 2.05) is 4.57 Å². The zero-order valence-corrected chi connectivity index (χ0v) is 11.5. The Balaban J connectivity index is 1.93. The molecule has 2 rings (SSSR count). The van der Waals surface area contributed by atoms with Crippen LogP contribution in [-0.4, -0.2) is 33.5 Å². The molecule has 0 atom stereocenters. The Hall–Kier alpha value is -1.66. The lowest BCUT2D eigenvalue weighted by Crippen LogP contribution is -2.10. The summed E-state index contributed by atoms with van der Waals surface area (Å²) in [7, 11) is 1.69. The maximum absolute atomic E-state index is 6.02. The van der Waals surface area contributed by atoms with Crippen molar-refractivity contribution in [1.29, 1.82) is 0 Å². The summed E-state index contributed by atoms with van der Waals surface area (Å²) in [5.74, 6) is 1.49. The molecule has 0 amide bonds. The summed E-state index contributed by atoms with van der Waals surface area (Å²) in [6, 6.07) is 3.58. The number of halogens is 1. The van der Waals surface area contributed by atoms with Crippen molar-refractivity contribution < 1.29 is 4.74 Å². The van der Waals surface area contributed by atoms with Gasteiger partial charge >= 0.3 is 0 Å². The van der Waals surface area contributed by atoms with E-state index >= 15 is 0 Å². The van der Waals surface area contributed by atoms with E-state index in [9.17, 15) is 0 Å². The van der Waals surface area contributed by atoms with Crippen LogP contribution in [0.4, 0.5) is 5.82 Å². The topological polar surface area (TPSA) is 64.9 Å². The highest BCUT2D eigenvalue weighted by Gasteiger charge is 2.05. The van der Waals surface area contributed by atoms with Crippen LogP contribution in [0.15, 0.2) is 24.7 Å². The van der Waals surface area contributed by atoms with Crippen LogP contribution in [0, 0.1) is 0 Å². The maximum Gasteiger partial charge on any atom is 0.152 e. The third-order valence-electron chi connectivity index (χ3n) is 2.62. The first kappa shape index (κ1) is 13.8. The molecule has 0 bridgehead atoms. The van der Waals surface area contributed by atoms with Gasteiger partial charge in [0.15, 0.2) is 5.82 Å². The Bertz CT molecular complexity index is 516. The number of ether oxygens (including phenoxy) is 1. The summed E-state index contributed by atoms with van der Waals surface area (Å²) >= 11 is 6.02. The van der Waals surface area contributed by atoms with Gasteiger partial charge in [0, 0.05) is 26.5 Å².